The van der Waals surface area contributed by atoms with Crippen LogP contribution >= 0.6 is 35.4 Å². The minimum absolute atomic E-state index is 0.278. The molecule has 0 aliphatic carbocycles. The van der Waals surface area contributed by atoms with Crippen LogP contribution in [0.1, 0.15) is 29.6 Å². The van der Waals surface area contributed by atoms with Crippen LogP contribution in [0.4, 0.5) is 0 Å². The Morgan fingerprint density at radius 3 is 2.26 bits per heavy atom. The molecule has 1 N–H and O–H groups in total. The summed E-state index contributed by atoms with van der Waals surface area (Å²) >= 11 is 17.0. The Morgan fingerprint density at radius 2 is 1.68 bits per heavy atom. The van der Waals surface area contributed by atoms with Gasteiger partial charge in [0.05, 0.1) is 0 Å². The van der Waals surface area contributed by atoms with E-state index < -0.39 is 0 Å². The zero-order chi connectivity index (χ0) is 13.8. The fourth-order valence-electron chi connectivity index (χ4n) is 2.03. The monoisotopic (exact) mass is 316 g/mol. The zero-order valence-corrected chi connectivity index (χ0v) is 12.6. The molecule has 1 fully saturated rings. The number of likely N-dealkylation sites (tertiary alicyclic amines) is 1. The second kappa shape index (κ2) is 6.55. The van der Waals surface area contributed by atoms with E-state index in [0.717, 1.165) is 25.9 Å². The number of thiocarbonyl (C=S) groups is 1. The molecule has 3 nitrogen and oxygen atoms in total. The van der Waals surface area contributed by atoms with Crippen molar-refractivity contribution < 1.29 is 4.79 Å². The highest BCUT2D eigenvalue weighted by Gasteiger charge is 2.16. The van der Waals surface area contributed by atoms with Crippen LogP contribution in [0.3, 0.4) is 0 Å². The number of hydrogen-bond donors (Lipinski definition) is 1. The number of nitrogens with zero attached hydrogens (tertiary/aromatic N) is 1. The number of benzene rings is 1. The van der Waals surface area contributed by atoms with Crippen LogP contribution in [0.15, 0.2) is 18.2 Å². The highest BCUT2D eigenvalue weighted by Crippen LogP contribution is 2.19. The van der Waals surface area contributed by atoms with Gasteiger partial charge >= 0.3 is 0 Å². The third-order valence-electron chi connectivity index (χ3n) is 2.99. The number of hydrogen-bond acceptors (Lipinski definition) is 2. The molecule has 1 aromatic carbocycles. The fourth-order valence-corrected chi connectivity index (χ4v) is 2.83. The van der Waals surface area contributed by atoms with Crippen LogP contribution in [0, 0.1) is 0 Å². The molecule has 1 aliphatic rings. The summed E-state index contributed by atoms with van der Waals surface area (Å²) < 4.78 is 0. The predicted molar refractivity (Wildman–Crippen MR) is 82.0 cm³/mol. The third kappa shape index (κ3) is 4.06. The number of halogens is 2. The first kappa shape index (κ1) is 14.6. The summed E-state index contributed by atoms with van der Waals surface area (Å²) in [5.41, 5.74) is 0.414. The highest BCUT2D eigenvalue weighted by atomic mass is 35.5. The van der Waals surface area contributed by atoms with E-state index in [4.69, 9.17) is 35.4 Å². The maximum Gasteiger partial charge on any atom is 0.257 e. The summed E-state index contributed by atoms with van der Waals surface area (Å²) in [6.45, 7) is 1.80. The van der Waals surface area contributed by atoms with Gasteiger partial charge in [0.15, 0.2) is 5.11 Å². The van der Waals surface area contributed by atoms with E-state index in [0.29, 0.717) is 20.7 Å². The third-order valence-corrected chi connectivity index (χ3v) is 3.79. The van der Waals surface area contributed by atoms with E-state index in [2.05, 4.69) is 5.32 Å². The Balaban J connectivity index is 2.01. The van der Waals surface area contributed by atoms with E-state index in [9.17, 15) is 4.79 Å². The molecule has 1 saturated heterocycles. The van der Waals surface area contributed by atoms with Gasteiger partial charge in [-0.1, -0.05) is 23.2 Å². The van der Waals surface area contributed by atoms with E-state index in [1.807, 2.05) is 4.90 Å². The minimum atomic E-state index is -0.278. The molecular formula is C13H14Cl2N2OS. The van der Waals surface area contributed by atoms with Crippen molar-refractivity contribution in [3.63, 3.8) is 0 Å². The minimum Gasteiger partial charge on any atom is -0.349 e. The Labute approximate surface area is 127 Å². The quantitative estimate of drug-likeness (QED) is 0.805. The molecular weight excluding hydrogens is 303 g/mol. The van der Waals surface area contributed by atoms with Crippen molar-refractivity contribution in [2.45, 2.75) is 19.3 Å². The van der Waals surface area contributed by atoms with Crippen LogP contribution in [0.2, 0.25) is 10.0 Å². The average Bonchev–Trinajstić information content (AvgIpc) is 2.38. The Kier molecular flexibility index (Phi) is 5.02. The van der Waals surface area contributed by atoms with Crippen molar-refractivity contribution in [1.29, 1.82) is 0 Å². The molecule has 0 bridgehead atoms. The lowest BCUT2D eigenvalue weighted by Crippen LogP contribution is -2.44. The molecule has 1 aliphatic heterocycles. The maximum atomic E-state index is 12.1. The van der Waals surface area contributed by atoms with Gasteiger partial charge in [-0.05, 0) is 49.7 Å². The molecule has 0 unspecified atom stereocenters. The number of carbonyl (C=O) groups excluding carboxylic acids is 1. The van der Waals surface area contributed by atoms with Crippen molar-refractivity contribution in [2.24, 2.45) is 0 Å². The lowest BCUT2D eigenvalue weighted by molar-refractivity contribution is 0.0972. The maximum absolute atomic E-state index is 12.1. The van der Waals surface area contributed by atoms with Crippen LogP contribution in [-0.4, -0.2) is 29.0 Å². The number of amides is 1. The highest BCUT2D eigenvalue weighted by molar-refractivity contribution is 7.80. The van der Waals surface area contributed by atoms with Gasteiger partial charge < -0.3 is 4.90 Å². The summed E-state index contributed by atoms with van der Waals surface area (Å²) in [6, 6.07) is 4.73. The molecule has 0 atom stereocenters. The molecule has 1 amide bonds. The van der Waals surface area contributed by atoms with Crippen molar-refractivity contribution in [2.75, 3.05) is 13.1 Å². The molecule has 1 heterocycles. The number of nitrogens with one attached hydrogen (secondary N) is 1. The molecule has 19 heavy (non-hydrogen) atoms. The summed E-state index contributed by atoms with van der Waals surface area (Å²) in [4.78, 5) is 14.1. The SMILES string of the molecule is O=C(NC(=S)N1CCCCC1)c1cc(Cl)cc(Cl)c1. The number of carbonyl (C=O) groups is 1. The summed E-state index contributed by atoms with van der Waals surface area (Å²) in [5, 5.41) is 4.06. The topological polar surface area (TPSA) is 32.3 Å². The molecule has 0 radical (unpaired) electrons. The van der Waals surface area contributed by atoms with Gasteiger partial charge in [-0.2, -0.15) is 0 Å². The van der Waals surface area contributed by atoms with Crippen LogP contribution in [0.5, 0.6) is 0 Å². The van der Waals surface area contributed by atoms with Crippen molar-refractivity contribution in [3.05, 3.63) is 33.8 Å². The first-order valence-corrected chi connectivity index (χ1v) is 7.29. The van der Waals surface area contributed by atoms with E-state index in [1.165, 1.54) is 6.42 Å². The molecule has 2 rings (SSSR count). The van der Waals surface area contributed by atoms with Gasteiger partial charge in [-0.25, -0.2) is 0 Å². The molecule has 1 aromatic rings. The smallest absolute Gasteiger partial charge is 0.257 e. The molecule has 102 valence electrons. The van der Waals surface area contributed by atoms with Crippen LogP contribution in [0.25, 0.3) is 0 Å². The van der Waals surface area contributed by atoms with E-state index in [-0.39, 0.29) is 5.91 Å². The van der Waals surface area contributed by atoms with Crippen molar-refractivity contribution in [3.8, 4) is 0 Å². The molecule has 0 spiro atoms. The Hall–Kier alpha value is -0.840. The molecule has 0 aromatic heterocycles. The van der Waals surface area contributed by atoms with Crippen LogP contribution in [-0.2, 0) is 0 Å². The van der Waals surface area contributed by atoms with Crippen molar-refractivity contribution in [1.82, 2.24) is 10.2 Å². The first-order chi connectivity index (χ1) is 9.06. The van der Waals surface area contributed by atoms with E-state index in [1.54, 1.807) is 18.2 Å². The summed E-state index contributed by atoms with van der Waals surface area (Å²) in [5.74, 6) is -0.278. The van der Waals surface area contributed by atoms with E-state index >= 15 is 0 Å². The predicted octanol–water partition coefficient (Wildman–Crippen LogP) is 3.49. The normalized spacial score (nSPS) is 15.2. The molecule has 0 saturated carbocycles. The van der Waals surface area contributed by atoms with Gasteiger partial charge in [-0.3, -0.25) is 10.1 Å². The second-order valence-corrected chi connectivity index (χ2v) is 5.72. The first-order valence-electron chi connectivity index (χ1n) is 6.12. The standard InChI is InChI=1S/C13H14Cl2N2OS/c14-10-6-9(7-11(15)8-10)12(18)16-13(19)17-4-2-1-3-5-17/h6-8H,1-5H2,(H,16,18,19). The van der Waals surface area contributed by atoms with Gasteiger partial charge in [-0.15, -0.1) is 0 Å². The Morgan fingerprint density at radius 1 is 1.11 bits per heavy atom. The number of rotatable bonds is 1. The molecule has 6 heteroatoms. The Bertz CT molecular complexity index is 481. The largest absolute Gasteiger partial charge is 0.349 e. The van der Waals surface area contributed by atoms with Gasteiger partial charge in [0.1, 0.15) is 0 Å². The lowest BCUT2D eigenvalue weighted by atomic mass is 10.1. The van der Waals surface area contributed by atoms with Gasteiger partial charge in [0, 0.05) is 28.7 Å². The zero-order valence-electron chi connectivity index (χ0n) is 10.3. The summed E-state index contributed by atoms with van der Waals surface area (Å²) in [7, 11) is 0. The van der Waals surface area contributed by atoms with Crippen LogP contribution < -0.4 is 5.32 Å². The van der Waals surface area contributed by atoms with Crippen molar-refractivity contribution >= 4 is 46.4 Å². The number of piperidine rings is 1. The van der Waals surface area contributed by atoms with Gasteiger partial charge in [0.25, 0.3) is 5.91 Å². The fraction of sp³-hybridized carbons (Fsp3) is 0.385. The lowest BCUT2D eigenvalue weighted by Gasteiger charge is -2.28. The van der Waals surface area contributed by atoms with Gasteiger partial charge in [0.2, 0.25) is 0 Å². The second-order valence-electron chi connectivity index (χ2n) is 4.47. The average molecular weight is 317 g/mol. The summed E-state index contributed by atoms with van der Waals surface area (Å²) in [6.07, 6.45) is 3.44.